The molecule has 2 heterocycles. The lowest BCUT2D eigenvalue weighted by Crippen LogP contribution is -2.47. The average Bonchev–Trinajstić information content (AvgIpc) is 2.69. The van der Waals surface area contributed by atoms with Crippen molar-refractivity contribution in [2.75, 3.05) is 26.2 Å². The second-order valence-electron chi connectivity index (χ2n) is 4.89. The Bertz CT molecular complexity index is 172. The molecule has 2 unspecified atom stereocenters. The van der Waals surface area contributed by atoms with Crippen molar-refractivity contribution in [3.05, 3.63) is 0 Å². The van der Waals surface area contributed by atoms with Crippen LogP contribution in [0, 0.1) is 5.92 Å². The highest BCUT2D eigenvalue weighted by atomic mass is 16.3. The van der Waals surface area contributed by atoms with Crippen molar-refractivity contribution >= 4 is 0 Å². The summed E-state index contributed by atoms with van der Waals surface area (Å²) in [6.07, 6.45) is 6.15. The lowest BCUT2D eigenvalue weighted by atomic mass is 9.83. The molecule has 2 rings (SSSR count). The van der Waals surface area contributed by atoms with Crippen molar-refractivity contribution in [1.29, 1.82) is 0 Å². The average molecular weight is 198 g/mol. The van der Waals surface area contributed by atoms with Gasteiger partial charge in [0.1, 0.15) is 0 Å². The first-order valence-corrected chi connectivity index (χ1v) is 5.91. The number of hydrogen-bond donors (Lipinski definition) is 3. The van der Waals surface area contributed by atoms with E-state index in [-0.39, 0.29) is 5.54 Å². The number of aliphatic hydroxyl groups excluding tert-OH is 1. The highest BCUT2D eigenvalue weighted by Crippen LogP contribution is 2.29. The smallest absolute Gasteiger partial charge is 0.0613 e. The minimum absolute atomic E-state index is 0.0592. The van der Waals surface area contributed by atoms with Gasteiger partial charge in [0.2, 0.25) is 0 Å². The van der Waals surface area contributed by atoms with Crippen molar-refractivity contribution in [3.8, 4) is 0 Å². The minimum Gasteiger partial charge on any atom is -0.394 e. The normalized spacial score (nSPS) is 38.8. The molecule has 2 aliphatic heterocycles. The van der Waals surface area contributed by atoms with Gasteiger partial charge in [-0.1, -0.05) is 0 Å². The van der Waals surface area contributed by atoms with E-state index >= 15 is 0 Å². The van der Waals surface area contributed by atoms with Gasteiger partial charge < -0.3 is 15.7 Å². The summed E-state index contributed by atoms with van der Waals surface area (Å²) in [5.74, 6) is 0.765. The number of piperidine rings is 1. The van der Waals surface area contributed by atoms with Gasteiger partial charge in [0.15, 0.2) is 0 Å². The van der Waals surface area contributed by atoms with Crippen LogP contribution in [0.15, 0.2) is 0 Å². The lowest BCUT2D eigenvalue weighted by Gasteiger charge is -2.33. The molecule has 0 amide bonds. The Morgan fingerprint density at radius 2 is 2.21 bits per heavy atom. The van der Waals surface area contributed by atoms with Crippen LogP contribution in [0.5, 0.6) is 0 Å². The van der Waals surface area contributed by atoms with Crippen LogP contribution >= 0.6 is 0 Å². The molecule has 2 aliphatic rings. The molecule has 0 radical (unpaired) electrons. The molecule has 0 aromatic carbocycles. The van der Waals surface area contributed by atoms with Gasteiger partial charge >= 0.3 is 0 Å². The molecule has 2 saturated heterocycles. The quantitative estimate of drug-likeness (QED) is 0.618. The number of nitrogens with one attached hydrogen (secondary N) is 2. The van der Waals surface area contributed by atoms with E-state index in [0.29, 0.717) is 6.61 Å². The third-order valence-electron chi connectivity index (χ3n) is 3.71. The Balaban J connectivity index is 1.86. The van der Waals surface area contributed by atoms with Gasteiger partial charge in [0.05, 0.1) is 6.61 Å². The minimum atomic E-state index is 0.0592. The lowest BCUT2D eigenvalue weighted by molar-refractivity contribution is 0.142. The Kier molecular flexibility index (Phi) is 3.42. The van der Waals surface area contributed by atoms with Crippen LogP contribution in [0.3, 0.4) is 0 Å². The molecule has 0 aromatic rings. The molecule has 0 bridgehead atoms. The third-order valence-corrected chi connectivity index (χ3v) is 3.71. The van der Waals surface area contributed by atoms with Crippen LogP contribution in [-0.2, 0) is 0 Å². The van der Waals surface area contributed by atoms with Gasteiger partial charge in [0, 0.05) is 5.54 Å². The number of rotatable bonds is 3. The summed E-state index contributed by atoms with van der Waals surface area (Å²) >= 11 is 0. The van der Waals surface area contributed by atoms with Gasteiger partial charge in [-0.15, -0.1) is 0 Å². The largest absolute Gasteiger partial charge is 0.394 e. The Labute approximate surface area is 86.3 Å². The second kappa shape index (κ2) is 4.60. The maximum atomic E-state index is 9.46. The Hall–Kier alpha value is -0.120. The van der Waals surface area contributed by atoms with E-state index in [1.54, 1.807) is 0 Å². The summed E-state index contributed by atoms with van der Waals surface area (Å²) in [5.41, 5.74) is 0.0592. The van der Waals surface area contributed by atoms with Crippen molar-refractivity contribution < 1.29 is 5.11 Å². The fraction of sp³-hybridized carbons (Fsp3) is 1.00. The first-order chi connectivity index (χ1) is 6.85. The third kappa shape index (κ3) is 2.27. The van der Waals surface area contributed by atoms with E-state index in [4.69, 9.17) is 0 Å². The van der Waals surface area contributed by atoms with Gasteiger partial charge in [-0.05, 0) is 57.7 Å². The fourth-order valence-corrected chi connectivity index (χ4v) is 2.89. The molecule has 82 valence electrons. The van der Waals surface area contributed by atoms with Crippen LogP contribution in [0.2, 0.25) is 0 Å². The molecule has 2 fully saturated rings. The summed E-state index contributed by atoms with van der Waals surface area (Å²) in [6.45, 7) is 3.71. The summed E-state index contributed by atoms with van der Waals surface area (Å²) < 4.78 is 0. The maximum Gasteiger partial charge on any atom is 0.0613 e. The van der Waals surface area contributed by atoms with Crippen molar-refractivity contribution in [3.63, 3.8) is 0 Å². The molecule has 0 aromatic heterocycles. The van der Waals surface area contributed by atoms with Gasteiger partial charge in [-0.3, -0.25) is 0 Å². The number of hydrogen-bond acceptors (Lipinski definition) is 3. The highest BCUT2D eigenvalue weighted by Gasteiger charge is 2.35. The van der Waals surface area contributed by atoms with Gasteiger partial charge in [-0.2, -0.15) is 0 Å². The van der Waals surface area contributed by atoms with Crippen LogP contribution in [-0.4, -0.2) is 36.9 Å². The predicted molar refractivity (Wildman–Crippen MR) is 57.3 cm³/mol. The first-order valence-electron chi connectivity index (χ1n) is 5.91. The molecule has 14 heavy (non-hydrogen) atoms. The van der Waals surface area contributed by atoms with E-state index in [2.05, 4.69) is 10.6 Å². The zero-order chi connectivity index (χ0) is 9.86. The van der Waals surface area contributed by atoms with Crippen LogP contribution in [0.25, 0.3) is 0 Å². The van der Waals surface area contributed by atoms with Crippen LogP contribution in [0.1, 0.15) is 32.1 Å². The Morgan fingerprint density at radius 3 is 2.79 bits per heavy atom. The van der Waals surface area contributed by atoms with Crippen LogP contribution < -0.4 is 10.6 Å². The standard InChI is InChI=1S/C11H22N2O/c14-9-11(4-2-6-13-11)7-10-3-1-5-12-8-10/h10,12-14H,1-9H2. The molecule has 0 saturated carbocycles. The molecular weight excluding hydrogens is 176 g/mol. The van der Waals surface area contributed by atoms with E-state index in [1.807, 2.05) is 0 Å². The summed E-state index contributed by atoms with van der Waals surface area (Å²) in [6, 6.07) is 0. The maximum absolute atomic E-state index is 9.46. The molecule has 3 heteroatoms. The molecule has 3 nitrogen and oxygen atoms in total. The van der Waals surface area contributed by atoms with Crippen molar-refractivity contribution in [1.82, 2.24) is 10.6 Å². The van der Waals surface area contributed by atoms with E-state index < -0.39 is 0 Å². The molecule has 2 atom stereocenters. The molecule has 0 spiro atoms. The first kappa shape index (κ1) is 10.4. The molecular formula is C11H22N2O. The molecule has 0 aliphatic carbocycles. The zero-order valence-corrected chi connectivity index (χ0v) is 8.89. The second-order valence-corrected chi connectivity index (χ2v) is 4.89. The highest BCUT2D eigenvalue weighted by molar-refractivity contribution is 4.94. The predicted octanol–water partition coefficient (Wildman–Crippen LogP) is 0.491. The van der Waals surface area contributed by atoms with Gasteiger partial charge in [-0.25, -0.2) is 0 Å². The molecule has 3 N–H and O–H groups in total. The monoisotopic (exact) mass is 198 g/mol. The topological polar surface area (TPSA) is 44.3 Å². The Morgan fingerprint density at radius 1 is 1.29 bits per heavy atom. The van der Waals surface area contributed by atoms with Crippen molar-refractivity contribution in [2.45, 2.75) is 37.6 Å². The SMILES string of the molecule is OCC1(CC2CCCNC2)CCCN1. The number of aliphatic hydroxyl groups is 1. The fourth-order valence-electron chi connectivity index (χ4n) is 2.89. The van der Waals surface area contributed by atoms with Crippen molar-refractivity contribution in [2.24, 2.45) is 5.92 Å². The van der Waals surface area contributed by atoms with E-state index in [9.17, 15) is 5.11 Å². The zero-order valence-electron chi connectivity index (χ0n) is 8.89. The van der Waals surface area contributed by atoms with E-state index in [0.717, 1.165) is 31.8 Å². The summed E-state index contributed by atoms with van der Waals surface area (Å²) in [5, 5.41) is 16.4. The van der Waals surface area contributed by atoms with Gasteiger partial charge in [0.25, 0.3) is 0 Å². The van der Waals surface area contributed by atoms with E-state index in [1.165, 1.54) is 25.8 Å². The van der Waals surface area contributed by atoms with Crippen LogP contribution in [0.4, 0.5) is 0 Å². The summed E-state index contributed by atoms with van der Waals surface area (Å²) in [7, 11) is 0. The summed E-state index contributed by atoms with van der Waals surface area (Å²) in [4.78, 5) is 0.